The summed E-state index contributed by atoms with van der Waals surface area (Å²) in [6.45, 7) is 10.0. The van der Waals surface area contributed by atoms with Crippen LogP contribution in [0.4, 0.5) is 4.39 Å². The van der Waals surface area contributed by atoms with E-state index in [4.69, 9.17) is 4.99 Å². The Balaban J connectivity index is 0.00000363. The van der Waals surface area contributed by atoms with Gasteiger partial charge in [-0.1, -0.05) is 19.9 Å². The molecule has 0 amide bonds. The molecule has 2 heterocycles. The second-order valence-corrected chi connectivity index (χ2v) is 8.02. The zero-order chi connectivity index (χ0) is 22.5. The van der Waals surface area contributed by atoms with Gasteiger partial charge in [0.2, 0.25) is 0 Å². The number of aliphatic imine (C=N–C) groups is 1. The van der Waals surface area contributed by atoms with Gasteiger partial charge in [-0.05, 0) is 37.5 Å². The molecule has 0 spiro atoms. The van der Waals surface area contributed by atoms with Crippen LogP contribution in [0.15, 0.2) is 41.8 Å². The van der Waals surface area contributed by atoms with Crippen molar-refractivity contribution in [1.82, 2.24) is 29.5 Å². The molecular weight excluding hydrogens is 520 g/mol. The molecule has 0 atom stereocenters. The predicted octanol–water partition coefficient (Wildman–Crippen LogP) is 4.39. The van der Waals surface area contributed by atoms with Crippen molar-refractivity contribution in [2.45, 2.75) is 46.7 Å². The number of halogens is 2. The van der Waals surface area contributed by atoms with Crippen LogP contribution in [0.3, 0.4) is 0 Å². The average molecular weight is 553 g/mol. The normalized spacial score (nSPS) is 11.6. The van der Waals surface area contributed by atoms with E-state index in [0.29, 0.717) is 24.7 Å². The summed E-state index contributed by atoms with van der Waals surface area (Å²) in [4.78, 5) is 11.0. The fourth-order valence-electron chi connectivity index (χ4n) is 3.61. The van der Waals surface area contributed by atoms with Crippen molar-refractivity contribution < 1.29 is 4.39 Å². The Hall–Kier alpha value is -2.43. The monoisotopic (exact) mass is 553 g/mol. The van der Waals surface area contributed by atoms with E-state index >= 15 is 0 Å². The Morgan fingerprint density at radius 2 is 2.06 bits per heavy atom. The summed E-state index contributed by atoms with van der Waals surface area (Å²) in [7, 11) is 3.95. The van der Waals surface area contributed by atoms with Crippen LogP contribution in [0.5, 0.6) is 0 Å². The lowest BCUT2D eigenvalue weighted by Gasteiger charge is -2.22. The predicted molar refractivity (Wildman–Crippen MR) is 137 cm³/mol. The first kappa shape index (κ1) is 25.8. The molecule has 0 unspecified atom stereocenters. The molecule has 7 nitrogen and oxygen atoms in total. The molecule has 1 N–H and O–H groups in total. The average Bonchev–Trinajstić information content (AvgIpc) is 3.30. The molecule has 0 saturated carbocycles. The molecule has 0 bridgehead atoms. The van der Waals surface area contributed by atoms with E-state index in [1.807, 2.05) is 38.7 Å². The standard InChI is InChI=1S/C23H32FN7.HI/c1-7-25-23(29(5)14-19-15-30(6)28-22(19)16(2)3)27-13-18-8-9-21(20(24)12-18)31-11-10-26-17(31)4;/h8-12,15-16H,7,13-14H2,1-6H3,(H,25,27);1H. The van der Waals surface area contributed by atoms with Crippen molar-refractivity contribution in [3.8, 4) is 5.69 Å². The second kappa shape index (κ2) is 11.4. The second-order valence-electron chi connectivity index (χ2n) is 8.02. The maximum atomic E-state index is 14.7. The third kappa shape index (κ3) is 6.08. The lowest BCUT2D eigenvalue weighted by molar-refractivity contribution is 0.473. The molecule has 2 aromatic heterocycles. The van der Waals surface area contributed by atoms with Gasteiger partial charge in [0, 0.05) is 51.3 Å². The smallest absolute Gasteiger partial charge is 0.194 e. The van der Waals surface area contributed by atoms with Crippen molar-refractivity contribution in [3.05, 3.63) is 65.3 Å². The highest BCUT2D eigenvalue weighted by molar-refractivity contribution is 14.0. The van der Waals surface area contributed by atoms with Gasteiger partial charge in [0.15, 0.2) is 5.96 Å². The number of hydrogen-bond acceptors (Lipinski definition) is 3. The summed E-state index contributed by atoms with van der Waals surface area (Å²) in [6, 6.07) is 5.22. The maximum absolute atomic E-state index is 14.7. The van der Waals surface area contributed by atoms with Crippen molar-refractivity contribution in [2.75, 3.05) is 13.6 Å². The first-order valence-corrected chi connectivity index (χ1v) is 10.6. The summed E-state index contributed by atoms with van der Waals surface area (Å²) in [6.07, 6.45) is 5.48. The van der Waals surface area contributed by atoms with Crippen LogP contribution >= 0.6 is 24.0 Å². The number of benzene rings is 1. The van der Waals surface area contributed by atoms with Crippen LogP contribution in [0, 0.1) is 12.7 Å². The van der Waals surface area contributed by atoms with Gasteiger partial charge >= 0.3 is 0 Å². The number of guanidine groups is 1. The number of nitrogens with one attached hydrogen (secondary N) is 1. The SMILES string of the molecule is CCNC(=NCc1ccc(-n2ccnc2C)c(F)c1)N(C)Cc1cn(C)nc1C(C)C.I. The van der Waals surface area contributed by atoms with E-state index in [-0.39, 0.29) is 29.8 Å². The first-order valence-electron chi connectivity index (χ1n) is 10.6. The van der Waals surface area contributed by atoms with E-state index in [0.717, 1.165) is 29.6 Å². The van der Waals surface area contributed by atoms with Crippen LogP contribution in [0.1, 0.15) is 49.3 Å². The molecule has 32 heavy (non-hydrogen) atoms. The number of hydrogen-bond donors (Lipinski definition) is 1. The minimum absolute atomic E-state index is 0. The summed E-state index contributed by atoms with van der Waals surface area (Å²) in [5.41, 5.74) is 3.57. The van der Waals surface area contributed by atoms with Gasteiger partial charge in [0.25, 0.3) is 0 Å². The highest BCUT2D eigenvalue weighted by atomic mass is 127. The third-order valence-corrected chi connectivity index (χ3v) is 5.10. The molecule has 9 heteroatoms. The summed E-state index contributed by atoms with van der Waals surface area (Å²) >= 11 is 0. The molecule has 0 fully saturated rings. The summed E-state index contributed by atoms with van der Waals surface area (Å²) < 4.78 is 18.3. The van der Waals surface area contributed by atoms with E-state index < -0.39 is 0 Å². The Morgan fingerprint density at radius 1 is 1.31 bits per heavy atom. The quantitative estimate of drug-likeness (QED) is 0.268. The molecule has 0 saturated heterocycles. The fourth-order valence-corrected chi connectivity index (χ4v) is 3.61. The van der Waals surface area contributed by atoms with Crippen LogP contribution in [0.25, 0.3) is 5.69 Å². The minimum Gasteiger partial charge on any atom is -0.357 e. The Labute approximate surface area is 206 Å². The van der Waals surface area contributed by atoms with Crippen LogP contribution in [-0.2, 0) is 20.1 Å². The molecule has 1 aromatic carbocycles. The Kier molecular flexibility index (Phi) is 9.23. The minimum atomic E-state index is -0.288. The van der Waals surface area contributed by atoms with Crippen LogP contribution in [0.2, 0.25) is 0 Å². The molecule has 174 valence electrons. The van der Waals surface area contributed by atoms with Gasteiger partial charge in [-0.3, -0.25) is 4.68 Å². The van der Waals surface area contributed by atoms with E-state index in [2.05, 4.69) is 40.3 Å². The maximum Gasteiger partial charge on any atom is 0.194 e. The van der Waals surface area contributed by atoms with Crippen molar-refractivity contribution >= 4 is 29.9 Å². The number of aryl methyl sites for hydroxylation is 2. The molecule has 0 aliphatic rings. The molecule has 0 aliphatic heterocycles. The first-order chi connectivity index (χ1) is 14.8. The Bertz CT molecular complexity index is 1050. The number of rotatable bonds is 7. The van der Waals surface area contributed by atoms with Gasteiger partial charge in [-0.25, -0.2) is 14.4 Å². The van der Waals surface area contributed by atoms with E-state index in [9.17, 15) is 4.39 Å². The lowest BCUT2D eigenvalue weighted by atomic mass is 10.1. The van der Waals surface area contributed by atoms with Gasteiger partial charge in [0.05, 0.1) is 17.9 Å². The number of imidazole rings is 1. The third-order valence-electron chi connectivity index (χ3n) is 5.10. The van der Waals surface area contributed by atoms with Crippen molar-refractivity contribution in [2.24, 2.45) is 12.0 Å². The van der Waals surface area contributed by atoms with Crippen molar-refractivity contribution in [1.29, 1.82) is 0 Å². The lowest BCUT2D eigenvalue weighted by Crippen LogP contribution is -2.38. The van der Waals surface area contributed by atoms with Gasteiger partial charge < -0.3 is 14.8 Å². The largest absolute Gasteiger partial charge is 0.357 e. The zero-order valence-electron chi connectivity index (χ0n) is 19.6. The zero-order valence-corrected chi connectivity index (χ0v) is 22.0. The molecule has 3 rings (SSSR count). The Morgan fingerprint density at radius 3 is 2.66 bits per heavy atom. The topological polar surface area (TPSA) is 63.3 Å². The summed E-state index contributed by atoms with van der Waals surface area (Å²) in [5.74, 6) is 1.58. The molecule has 3 aromatic rings. The highest BCUT2D eigenvalue weighted by Gasteiger charge is 2.15. The van der Waals surface area contributed by atoms with Crippen molar-refractivity contribution in [3.63, 3.8) is 0 Å². The van der Waals surface area contributed by atoms with Gasteiger partial charge in [0.1, 0.15) is 11.6 Å². The highest BCUT2D eigenvalue weighted by Crippen LogP contribution is 2.19. The molecule has 0 aliphatic carbocycles. The molecular formula is C23H33FIN7. The van der Waals surface area contributed by atoms with Gasteiger partial charge in [-0.15, -0.1) is 24.0 Å². The van der Waals surface area contributed by atoms with E-state index in [1.54, 1.807) is 29.1 Å². The molecule has 0 radical (unpaired) electrons. The van der Waals surface area contributed by atoms with E-state index in [1.165, 1.54) is 5.56 Å². The summed E-state index contributed by atoms with van der Waals surface area (Å²) in [5, 5.41) is 7.92. The van der Waals surface area contributed by atoms with Crippen LogP contribution < -0.4 is 5.32 Å². The van der Waals surface area contributed by atoms with Gasteiger partial charge in [-0.2, -0.15) is 5.10 Å². The van der Waals surface area contributed by atoms with Crippen LogP contribution in [-0.4, -0.2) is 43.8 Å². The number of aromatic nitrogens is 4. The fraction of sp³-hybridized carbons (Fsp3) is 0.435. The number of nitrogens with zero attached hydrogens (tertiary/aromatic N) is 6.